The first-order valence-electron chi connectivity index (χ1n) is 6.06. The first-order chi connectivity index (χ1) is 9.06. The maximum absolute atomic E-state index is 11.6. The number of carbonyl (C=O) groups excluding carboxylic acids is 1. The third-order valence-corrected chi connectivity index (χ3v) is 2.64. The fourth-order valence-electron chi connectivity index (χ4n) is 1.46. The van der Waals surface area contributed by atoms with E-state index in [0.29, 0.717) is 11.7 Å². The summed E-state index contributed by atoms with van der Waals surface area (Å²) in [5.74, 6) is 0.655. The van der Waals surface area contributed by atoms with E-state index < -0.39 is 0 Å². The normalized spacial score (nSPS) is 11.3. The van der Waals surface area contributed by atoms with Gasteiger partial charge in [-0.3, -0.25) is 4.79 Å². The average Bonchev–Trinajstić information content (AvgIpc) is 2.39. The van der Waals surface area contributed by atoms with E-state index in [9.17, 15) is 4.79 Å². The van der Waals surface area contributed by atoms with Crippen molar-refractivity contribution >= 4 is 28.9 Å². The van der Waals surface area contributed by atoms with Crippen molar-refractivity contribution in [3.8, 4) is 5.75 Å². The minimum atomic E-state index is -0.384. The Morgan fingerprint density at radius 2 is 2.21 bits per heavy atom. The maximum atomic E-state index is 11.6. The lowest BCUT2D eigenvalue weighted by Crippen LogP contribution is -2.46. The molecule has 1 rings (SSSR count). The molecule has 0 saturated carbocycles. The molecule has 0 saturated heterocycles. The molecule has 0 fully saturated rings. The molecule has 6 heteroatoms. The van der Waals surface area contributed by atoms with Gasteiger partial charge in [0.1, 0.15) is 11.8 Å². The Balaban J connectivity index is 2.52. The van der Waals surface area contributed by atoms with Crippen LogP contribution in [0, 0.1) is 0 Å². The number of nitrogens with one attached hydrogen (secondary N) is 3. The van der Waals surface area contributed by atoms with E-state index in [4.69, 9.17) is 17.0 Å². The highest BCUT2D eigenvalue weighted by molar-refractivity contribution is 7.80. The second kappa shape index (κ2) is 7.58. The molecule has 0 heterocycles. The SMILES string of the molecule is CCNC(=O)[C@@H](C)NC(=S)Nc1cccc(OC)c1. The van der Waals surface area contributed by atoms with Gasteiger partial charge in [-0.1, -0.05) is 6.07 Å². The predicted octanol–water partition coefficient (Wildman–Crippen LogP) is 1.51. The molecule has 1 aromatic carbocycles. The Labute approximate surface area is 118 Å². The van der Waals surface area contributed by atoms with Gasteiger partial charge in [0.25, 0.3) is 0 Å². The summed E-state index contributed by atoms with van der Waals surface area (Å²) in [6.07, 6.45) is 0. The van der Waals surface area contributed by atoms with Crippen molar-refractivity contribution in [3.05, 3.63) is 24.3 Å². The van der Waals surface area contributed by atoms with Crippen molar-refractivity contribution in [2.75, 3.05) is 19.0 Å². The Kier molecular flexibility index (Phi) is 6.08. The Morgan fingerprint density at radius 1 is 1.47 bits per heavy atom. The lowest BCUT2D eigenvalue weighted by molar-refractivity contribution is -0.122. The van der Waals surface area contributed by atoms with Gasteiger partial charge in [-0.25, -0.2) is 0 Å². The zero-order valence-corrected chi connectivity index (χ0v) is 12.1. The molecule has 3 N–H and O–H groups in total. The third-order valence-electron chi connectivity index (χ3n) is 2.42. The van der Waals surface area contributed by atoms with Gasteiger partial charge in [0.05, 0.1) is 7.11 Å². The van der Waals surface area contributed by atoms with Crippen LogP contribution in [0.2, 0.25) is 0 Å². The van der Waals surface area contributed by atoms with Crippen LogP contribution in [0.4, 0.5) is 5.69 Å². The second-order valence-corrected chi connectivity index (χ2v) is 4.35. The van der Waals surface area contributed by atoms with E-state index in [-0.39, 0.29) is 11.9 Å². The average molecular weight is 281 g/mol. The first-order valence-corrected chi connectivity index (χ1v) is 6.47. The summed E-state index contributed by atoms with van der Waals surface area (Å²) in [4.78, 5) is 11.6. The van der Waals surface area contributed by atoms with Gasteiger partial charge in [-0.15, -0.1) is 0 Å². The van der Waals surface area contributed by atoms with Gasteiger partial charge in [-0.2, -0.15) is 0 Å². The van der Waals surface area contributed by atoms with E-state index in [1.165, 1.54) is 0 Å². The summed E-state index contributed by atoms with van der Waals surface area (Å²) in [7, 11) is 1.60. The van der Waals surface area contributed by atoms with Crippen LogP contribution in [0.15, 0.2) is 24.3 Å². The van der Waals surface area contributed by atoms with Crippen LogP contribution in [0.3, 0.4) is 0 Å². The Morgan fingerprint density at radius 3 is 2.84 bits per heavy atom. The topological polar surface area (TPSA) is 62.4 Å². The molecule has 0 spiro atoms. The van der Waals surface area contributed by atoms with Crippen LogP contribution in [0.1, 0.15) is 13.8 Å². The predicted molar refractivity (Wildman–Crippen MR) is 80.5 cm³/mol. The number of hydrogen-bond donors (Lipinski definition) is 3. The van der Waals surface area contributed by atoms with Crippen LogP contribution < -0.4 is 20.7 Å². The van der Waals surface area contributed by atoms with Crippen LogP contribution >= 0.6 is 12.2 Å². The molecule has 0 aliphatic carbocycles. The zero-order chi connectivity index (χ0) is 14.3. The Bertz CT molecular complexity index is 451. The quantitative estimate of drug-likeness (QED) is 0.714. The number of rotatable bonds is 5. The van der Waals surface area contributed by atoms with Gasteiger partial charge in [0.15, 0.2) is 5.11 Å². The smallest absolute Gasteiger partial charge is 0.242 e. The van der Waals surface area contributed by atoms with Gasteiger partial charge < -0.3 is 20.7 Å². The summed E-state index contributed by atoms with van der Waals surface area (Å²) < 4.78 is 5.12. The molecule has 0 radical (unpaired) electrons. The molecular formula is C13H19N3O2S. The molecule has 1 atom stereocenters. The summed E-state index contributed by atoms with van der Waals surface area (Å²) in [6, 6.07) is 7.01. The number of methoxy groups -OCH3 is 1. The molecule has 1 amide bonds. The number of ether oxygens (including phenoxy) is 1. The zero-order valence-electron chi connectivity index (χ0n) is 11.3. The monoisotopic (exact) mass is 281 g/mol. The molecule has 104 valence electrons. The van der Waals surface area contributed by atoms with Crippen molar-refractivity contribution in [2.24, 2.45) is 0 Å². The molecule has 0 bridgehead atoms. The minimum Gasteiger partial charge on any atom is -0.497 e. The number of benzene rings is 1. The molecule has 0 aliphatic rings. The van der Waals surface area contributed by atoms with Gasteiger partial charge in [0, 0.05) is 18.3 Å². The Hall–Kier alpha value is -1.82. The second-order valence-electron chi connectivity index (χ2n) is 3.95. The lowest BCUT2D eigenvalue weighted by atomic mass is 10.3. The largest absolute Gasteiger partial charge is 0.497 e. The van der Waals surface area contributed by atoms with E-state index >= 15 is 0 Å². The van der Waals surface area contributed by atoms with Gasteiger partial charge in [0.2, 0.25) is 5.91 Å². The van der Waals surface area contributed by atoms with E-state index in [1.54, 1.807) is 14.0 Å². The van der Waals surface area contributed by atoms with E-state index in [2.05, 4.69) is 16.0 Å². The fraction of sp³-hybridized carbons (Fsp3) is 0.385. The van der Waals surface area contributed by atoms with Crippen molar-refractivity contribution in [1.29, 1.82) is 0 Å². The summed E-state index contributed by atoms with van der Waals surface area (Å²) in [5, 5.41) is 9.04. The highest BCUT2D eigenvalue weighted by atomic mass is 32.1. The highest BCUT2D eigenvalue weighted by Crippen LogP contribution is 2.16. The van der Waals surface area contributed by atoms with Gasteiger partial charge in [-0.05, 0) is 38.2 Å². The van der Waals surface area contributed by atoms with Crippen molar-refractivity contribution in [2.45, 2.75) is 19.9 Å². The summed E-state index contributed by atoms with van der Waals surface area (Å²) >= 11 is 5.15. The van der Waals surface area contributed by atoms with Crippen LogP contribution in [0.25, 0.3) is 0 Å². The van der Waals surface area contributed by atoms with E-state index in [0.717, 1.165) is 11.4 Å². The number of likely N-dealkylation sites (N-methyl/N-ethyl adjacent to an activating group) is 1. The van der Waals surface area contributed by atoms with Gasteiger partial charge >= 0.3 is 0 Å². The summed E-state index contributed by atoms with van der Waals surface area (Å²) in [6.45, 7) is 4.23. The molecule has 0 aromatic heterocycles. The molecule has 1 aromatic rings. The minimum absolute atomic E-state index is 0.0858. The standard InChI is InChI=1S/C13H19N3O2S/c1-4-14-12(17)9(2)15-13(19)16-10-6-5-7-11(8-10)18-3/h5-9H,4H2,1-3H3,(H,14,17)(H2,15,16,19)/t9-/m1/s1. The molecular weight excluding hydrogens is 262 g/mol. The van der Waals surface area contributed by atoms with E-state index in [1.807, 2.05) is 31.2 Å². The van der Waals surface area contributed by atoms with Crippen LogP contribution in [-0.4, -0.2) is 30.7 Å². The molecule has 5 nitrogen and oxygen atoms in total. The fourth-order valence-corrected chi connectivity index (χ4v) is 1.75. The summed E-state index contributed by atoms with van der Waals surface area (Å²) in [5.41, 5.74) is 0.806. The third kappa shape index (κ3) is 5.13. The number of amides is 1. The number of anilines is 1. The number of hydrogen-bond acceptors (Lipinski definition) is 3. The van der Waals surface area contributed by atoms with Crippen LogP contribution in [-0.2, 0) is 4.79 Å². The van der Waals surface area contributed by atoms with Crippen molar-refractivity contribution in [1.82, 2.24) is 10.6 Å². The lowest BCUT2D eigenvalue weighted by Gasteiger charge is -2.16. The van der Waals surface area contributed by atoms with Crippen molar-refractivity contribution < 1.29 is 9.53 Å². The van der Waals surface area contributed by atoms with Crippen LogP contribution in [0.5, 0.6) is 5.75 Å². The molecule has 0 aliphatic heterocycles. The van der Waals surface area contributed by atoms with Crippen molar-refractivity contribution in [3.63, 3.8) is 0 Å². The first kappa shape index (κ1) is 15.2. The number of carbonyl (C=O) groups is 1. The molecule has 19 heavy (non-hydrogen) atoms. The highest BCUT2D eigenvalue weighted by Gasteiger charge is 2.12. The number of thiocarbonyl (C=S) groups is 1. The maximum Gasteiger partial charge on any atom is 0.242 e. The molecule has 0 unspecified atom stereocenters.